The van der Waals surface area contributed by atoms with Gasteiger partial charge in [-0.2, -0.15) is 0 Å². The molecule has 1 N–H and O–H groups in total. The number of benzene rings is 1. The smallest absolute Gasteiger partial charge is 0.337 e. The van der Waals surface area contributed by atoms with Crippen LogP contribution in [0, 0.1) is 19.7 Å². The Kier molecular flexibility index (Phi) is 3.26. The Morgan fingerprint density at radius 2 is 2.06 bits per heavy atom. The standard InChI is InChI=1S/C13H11BrFNO2/c1-7-6-9(13(17)18)8(2)16(7)12-10(14)4-3-5-11(12)15/h3-6H,1-2H3,(H,17,18). The number of nitrogens with zero attached hydrogens (tertiary/aromatic N) is 1. The quantitative estimate of drug-likeness (QED) is 0.919. The third-order valence-corrected chi connectivity index (χ3v) is 3.46. The Balaban J connectivity index is 2.76. The van der Waals surface area contributed by atoms with Gasteiger partial charge in [0.25, 0.3) is 0 Å². The fourth-order valence-electron chi connectivity index (χ4n) is 2.03. The molecule has 0 bridgehead atoms. The zero-order valence-electron chi connectivity index (χ0n) is 9.87. The lowest BCUT2D eigenvalue weighted by atomic mass is 10.2. The Hall–Kier alpha value is -1.62. The maximum atomic E-state index is 13.9. The number of carboxylic acids is 1. The van der Waals surface area contributed by atoms with Crippen molar-refractivity contribution in [1.82, 2.24) is 4.57 Å². The molecule has 1 aromatic carbocycles. The summed E-state index contributed by atoms with van der Waals surface area (Å²) >= 11 is 3.29. The first-order chi connectivity index (χ1) is 8.43. The summed E-state index contributed by atoms with van der Waals surface area (Å²) in [6.07, 6.45) is 0. The number of para-hydroxylation sites is 1. The number of aryl methyl sites for hydroxylation is 1. The summed E-state index contributed by atoms with van der Waals surface area (Å²) in [6.45, 7) is 3.41. The van der Waals surface area contributed by atoms with Gasteiger partial charge in [-0.1, -0.05) is 6.07 Å². The molecule has 94 valence electrons. The number of hydrogen-bond donors (Lipinski definition) is 1. The van der Waals surface area contributed by atoms with E-state index in [0.717, 1.165) is 0 Å². The predicted molar refractivity (Wildman–Crippen MR) is 69.9 cm³/mol. The van der Waals surface area contributed by atoms with E-state index in [2.05, 4.69) is 15.9 Å². The molecule has 0 saturated heterocycles. The van der Waals surface area contributed by atoms with Crippen molar-refractivity contribution in [3.05, 3.63) is 51.5 Å². The molecule has 2 rings (SSSR count). The third-order valence-electron chi connectivity index (χ3n) is 2.82. The van der Waals surface area contributed by atoms with Crippen LogP contribution in [-0.2, 0) is 0 Å². The van der Waals surface area contributed by atoms with Gasteiger partial charge in [0.05, 0.1) is 11.3 Å². The van der Waals surface area contributed by atoms with Crippen molar-refractivity contribution in [3.8, 4) is 5.69 Å². The lowest BCUT2D eigenvalue weighted by molar-refractivity contribution is 0.0696. The van der Waals surface area contributed by atoms with Crippen molar-refractivity contribution in [2.75, 3.05) is 0 Å². The highest BCUT2D eigenvalue weighted by Gasteiger charge is 2.19. The molecule has 0 fully saturated rings. The van der Waals surface area contributed by atoms with Gasteiger partial charge >= 0.3 is 5.97 Å². The molecule has 0 aliphatic rings. The van der Waals surface area contributed by atoms with E-state index in [9.17, 15) is 9.18 Å². The van der Waals surface area contributed by atoms with Crippen molar-refractivity contribution in [2.45, 2.75) is 13.8 Å². The van der Waals surface area contributed by atoms with Crippen LogP contribution >= 0.6 is 15.9 Å². The number of hydrogen-bond acceptors (Lipinski definition) is 1. The van der Waals surface area contributed by atoms with E-state index in [1.807, 2.05) is 0 Å². The average Bonchev–Trinajstić information content (AvgIpc) is 2.56. The molecule has 0 saturated carbocycles. The largest absolute Gasteiger partial charge is 0.478 e. The first-order valence-corrected chi connectivity index (χ1v) is 6.09. The molecule has 0 aliphatic carbocycles. The second-order valence-electron chi connectivity index (χ2n) is 4.00. The lowest BCUT2D eigenvalue weighted by Gasteiger charge is -2.12. The number of carbonyl (C=O) groups is 1. The van der Waals surface area contributed by atoms with E-state index in [0.29, 0.717) is 21.5 Å². The summed E-state index contributed by atoms with van der Waals surface area (Å²) in [6, 6.07) is 6.20. The van der Waals surface area contributed by atoms with Gasteiger partial charge < -0.3 is 9.67 Å². The van der Waals surface area contributed by atoms with Crippen molar-refractivity contribution in [3.63, 3.8) is 0 Å². The second-order valence-corrected chi connectivity index (χ2v) is 4.85. The topological polar surface area (TPSA) is 42.2 Å². The van der Waals surface area contributed by atoms with Crippen molar-refractivity contribution in [1.29, 1.82) is 0 Å². The van der Waals surface area contributed by atoms with E-state index in [1.165, 1.54) is 12.1 Å². The Morgan fingerprint density at radius 1 is 1.39 bits per heavy atom. The van der Waals surface area contributed by atoms with Crippen LogP contribution in [0.15, 0.2) is 28.7 Å². The summed E-state index contributed by atoms with van der Waals surface area (Å²) in [5, 5.41) is 9.07. The predicted octanol–water partition coefficient (Wildman–Crippen LogP) is 3.69. The molecular weight excluding hydrogens is 301 g/mol. The molecule has 0 unspecified atom stereocenters. The highest BCUT2D eigenvalue weighted by Crippen LogP contribution is 2.28. The number of halogens is 2. The fourth-order valence-corrected chi connectivity index (χ4v) is 2.55. The summed E-state index contributed by atoms with van der Waals surface area (Å²) in [5.41, 5.74) is 1.70. The maximum absolute atomic E-state index is 13.9. The summed E-state index contributed by atoms with van der Waals surface area (Å²) in [4.78, 5) is 11.1. The Bertz CT molecular complexity index is 614. The maximum Gasteiger partial charge on any atom is 0.337 e. The third kappa shape index (κ3) is 1.95. The minimum atomic E-state index is -1.01. The number of aromatic nitrogens is 1. The van der Waals surface area contributed by atoms with E-state index in [1.54, 1.807) is 30.5 Å². The van der Waals surface area contributed by atoms with E-state index < -0.39 is 11.8 Å². The lowest BCUT2D eigenvalue weighted by Crippen LogP contribution is -2.05. The van der Waals surface area contributed by atoms with Crippen LogP contribution < -0.4 is 0 Å². The van der Waals surface area contributed by atoms with Crippen molar-refractivity contribution < 1.29 is 14.3 Å². The minimum Gasteiger partial charge on any atom is -0.478 e. The summed E-state index contributed by atoms with van der Waals surface area (Å²) in [7, 11) is 0. The van der Waals surface area contributed by atoms with Crippen LogP contribution in [-0.4, -0.2) is 15.6 Å². The zero-order chi connectivity index (χ0) is 13.4. The van der Waals surface area contributed by atoms with Gasteiger partial charge in [0, 0.05) is 15.9 Å². The molecule has 3 nitrogen and oxygen atoms in total. The van der Waals surface area contributed by atoms with Gasteiger partial charge in [0.15, 0.2) is 0 Å². The SMILES string of the molecule is Cc1cc(C(=O)O)c(C)n1-c1c(F)cccc1Br. The number of aromatic carboxylic acids is 1. The van der Waals surface area contributed by atoms with Crippen LogP contribution in [0.5, 0.6) is 0 Å². The highest BCUT2D eigenvalue weighted by molar-refractivity contribution is 9.10. The van der Waals surface area contributed by atoms with Crippen LogP contribution in [0.25, 0.3) is 5.69 Å². The molecule has 0 aliphatic heterocycles. The van der Waals surface area contributed by atoms with Crippen molar-refractivity contribution in [2.24, 2.45) is 0 Å². The van der Waals surface area contributed by atoms with Crippen LogP contribution in [0.3, 0.4) is 0 Å². The van der Waals surface area contributed by atoms with Crippen LogP contribution in [0.1, 0.15) is 21.7 Å². The molecule has 5 heteroatoms. The highest BCUT2D eigenvalue weighted by atomic mass is 79.9. The molecule has 0 atom stereocenters. The monoisotopic (exact) mass is 311 g/mol. The zero-order valence-corrected chi connectivity index (χ0v) is 11.5. The van der Waals surface area contributed by atoms with Gasteiger partial charge in [-0.25, -0.2) is 9.18 Å². The Morgan fingerprint density at radius 3 is 2.56 bits per heavy atom. The van der Waals surface area contributed by atoms with E-state index >= 15 is 0 Å². The Labute approximate surface area is 112 Å². The molecule has 1 heterocycles. The molecule has 0 amide bonds. The van der Waals surface area contributed by atoms with E-state index in [-0.39, 0.29) is 5.56 Å². The van der Waals surface area contributed by atoms with Gasteiger partial charge in [-0.3, -0.25) is 0 Å². The van der Waals surface area contributed by atoms with Crippen molar-refractivity contribution >= 4 is 21.9 Å². The molecule has 18 heavy (non-hydrogen) atoms. The summed E-state index contributed by atoms with van der Waals surface area (Å²) in [5.74, 6) is -1.41. The summed E-state index contributed by atoms with van der Waals surface area (Å²) < 4.78 is 16.1. The first-order valence-electron chi connectivity index (χ1n) is 5.30. The van der Waals surface area contributed by atoms with Gasteiger partial charge in [0.1, 0.15) is 5.82 Å². The number of rotatable bonds is 2. The van der Waals surface area contributed by atoms with Gasteiger partial charge in [-0.05, 0) is 48.0 Å². The van der Waals surface area contributed by atoms with Gasteiger partial charge in [-0.15, -0.1) is 0 Å². The fraction of sp³-hybridized carbons (Fsp3) is 0.154. The van der Waals surface area contributed by atoms with Crippen LogP contribution in [0.4, 0.5) is 4.39 Å². The van der Waals surface area contributed by atoms with Crippen LogP contribution in [0.2, 0.25) is 0 Å². The minimum absolute atomic E-state index is 0.183. The molecule has 2 aromatic rings. The molecule has 1 aromatic heterocycles. The average molecular weight is 312 g/mol. The first kappa shape index (κ1) is 12.8. The van der Waals surface area contributed by atoms with E-state index in [4.69, 9.17) is 5.11 Å². The normalized spacial score (nSPS) is 10.7. The molecule has 0 spiro atoms. The van der Waals surface area contributed by atoms with Gasteiger partial charge in [0.2, 0.25) is 0 Å². The molecule has 0 radical (unpaired) electrons. The molecular formula is C13H11BrFNO2. The number of carboxylic acid groups (broad SMARTS) is 1. The second kappa shape index (κ2) is 4.57.